The number of carbonyl (C=O) groups excluding carboxylic acids is 1. The molecule has 0 atom stereocenters. The normalized spacial score (nSPS) is 19.5. The van der Waals surface area contributed by atoms with Gasteiger partial charge >= 0.3 is 5.97 Å². The number of methoxy groups -OCH3 is 1. The fraction of sp³-hybridized carbons (Fsp3) is 0.565. The highest BCUT2D eigenvalue weighted by Crippen LogP contribution is 2.36. The maximum Gasteiger partial charge on any atom is 0.356 e. The number of aromatic amines is 1. The number of aromatic nitrogens is 2. The molecular formula is C23H34N2O4Si. The summed E-state index contributed by atoms with van der Waals surface area (Å²) in [6.07, 6.45) is 4.21. The van der Waals surface area contributed by atoms with E-state index in [4.69, 9.17) is 14.2 Å². The molecule has 1 saturated carbocycles. The zero-order valence-corrected chi connectivity index (χ0v) is 19.8. The molecule has 1 aromatic carbocycles. The monoisotopic (exact) mass is 430 g/mol. The summed E-state index contributed by atoms with van der Waals surface area (Å²) >= 11 is 0. The summed E-state index contributed by atoms with van der Waals surface area (Å²) in [5.41, 5.74) is 2.80. The minimum atomic E-state index is -1.69. The first-order valence-electron chi connectivity index (χ1n) is 10.8. The first-order valence-corrected chi connectivity index (χ1v) is 14.3. The van der Waals surface area contributed by atoms with Gasteiger partial charge in [0, 0.05) is 10.9 Å². The van der Waals surface area contributed by atoms with Crippen LogP contribution in [0.5, 0.6) is 5.75 Å². The van der Waals surface area contributed by atoms with E-state index in [1.807, 2.05) is 31.2 Å². The van der Waals surface area contributed by atoms with Crippen LogP contribution < -0.4 is 10.1 Å². The molecule has 30 heavy (non-hydrogen) atoms. The molecule has 164 valence electrons. The van der Waals surface area contributed by atoms with Gasteiger partial charge in [-0.15, -0.1) is 0 Å². The average Bonchev–Trinajstić information content (AvgIpc) is 3.19. The molecule has 1 fully saturated rings. The van der Waals surface area contributed by atoms with E-state index >= 15 is 0 Å². The van der Waals surface area contributed by atoms with Gasteiger partial charge in [0.15, 0.2) is 0 Å². The van der Waals surface area contributed by atoms with Gasteiger partial charge in [-0.3, -0.25) is 5.10 Å². The standard InChI is InChI=1S/C23H34N2O4Si/c1-6-28-23(26)21-20(22(25-24-21)30(3,4)5)17-9-13-19(14-10-17)29-15-16-7-11-18(27-2)12-8-16/h7-8,11-12,17,19H,6,9-10,13-15H2,1-5H3,(H,24,25). The van der Waals surface area contributed by atoms with Crippen molar-refractivity contribution in [2.45, 2.75) is 70.9 Å². The van der Waals surface area contributed by atoms with Gasteiger partial charge in [0.05, 0.1) is 26.4 Å². The molecule has 6 nitrogen and oxygen atoms in total. The van der Waals surface area contributed by atoms with Crippen LogP contribution in [0.4, 0.5) is 0 Å². The topological polar surface area (TPSA) is 73.4 Å². The van der Waals surface area contributed by atoms with E-state index in [0.29, 0.717) is 24.8 Å². The van der Waals surface area contributed by atoms with Crippen LogP contribution in [0.3, 0.4) is 0 Å². The second-order valence-corrected chi connectivity index (χ2v) is 13.9. The summed E-state index contributed by atoms with van der Waals surface area (Å²) in [4.78, 5) is 12.5. The van der Waals surface area contributed by atoms with Crippen molar-refractivity contribution in [3.63, 3.8) is 0 Å². The third kappa shape index (κ3) is 5.32. The predicted octanol–water partition coefficient (Wildman–Crippen LogP) is 4.38. The molecule has 3 rings (SSSR count). The number of hydrogen-bond acceptors (Lipinski definition) is 5. The molecular weight excluding hydrogens is 396 g/mol. The van der Waals surface area contributed by atoms with E-state index in [2.05, 4.69) is 29.8 Å². The second-order valence-electron chi connectivity index (χ2n) is 8.96. The Balaban J connectivity index is 1.65. The summed E-state index contributed by atoms with van der Waals surface area (Å²) in [7, 11) is -0.0141. The van der Waals surface area contributed by atoms with E-state index in [-0.39, 0.29) is 12.1 Å². The summed E-state index contributed by atoms with van der Waals surface area (Å²) in [6.45, 7) is 9.62. The van der Waals surface area contributed by atoms with Crippen molar-refractivity contribution < 1.29 is 19.0 Å². The quantitative estimate of drug-likeness (QED) is 0.497. The van der Waals surface area contributed by atoms with Gasteiger partial charge in [-0.2, -0.15) is 5.10 Å². The number of carbonyl (C=O) groups is 1. The van der Waals surface area contributed by atoms with Gasteiger partial charge < -0.3 is 14.2 Å². The van der Waals surface area contributed by atoms with Gasteiger partial charge in [0.2, 0.25) is 0 Å². The summed E-state index contributed by atoms with van der Waals surface area (Å²) in [5, 5.41) is 8.67. The molecule has 0 bridgehead atoms. The minimum Gasteiger partial charge on any atom is -0.497 e. The minimum absolute atomic E-state index is 0.247. The van der Waals surface area contributed by atoms with Crippen LogP contribution >= 0.6 is 0 Å². The molecule has 1 aliphatic carbocycles. The van der Waals surface area contributed by atoms with Gasteiger partial charge in [0.25, 0.3) is 0 Å². The maximum atomic E-state index is 12.5. The fourth-order valence-corrected chi connectivity index (χ4v) is 5.66. The second kappa shape index (κ2) is 9.79. The smallest absolute Gasteiger partial charge is 0.356 e. The van der Waals surface area contributed by atoms with E-state index in [0.717, 1.165) is 47.9 Å². The van der Waals surface area contributed by atoms with Crippen LogP contribution in [0.2, 0.25) is 19.6 Å². The lowest BCUT2D eigenvalue weighted by molar-refractivity contribution is 0.0132. The van der Waals surface area contributed by atoms with Crippen LogP contribution in [0, 0.1) is 0 Å². The highest BCUT2D eigenvalue weighted by Gasteiger charge is 2.35. The van der Waals surface area contributed by atoms with Crippen LogP contribution in [-0.4, -0.2) is 44.1 Å². The summed E-state index contributed by atoms with van der Waals surface area (Å²) in [6, 6.07) is 8.01. The fourth-order valence-electron chi connectivity index (χ4n) is 4.13. The highest BCUT2D eigenvalue weighted by molar-refractivity contribution is 6.88. The van der Waals surface area contributed by atoms with Crippen molar-refractivity contribution in [2.24, 2.45) is 0 Å². The Morgan fingerprint density at radius 1 is 1.13 bits per heavy atom. The van der Waals surface area contributed by atoms with Gasteiger partial charge in [-0.1, -0.05) is 31.8 Å². The SMILES string of the molecule is CCOC(=O)c1[nH]nc([Si](C)(C)C)c1C1CCC(OCc2ccc(OC)cc2)CC1. The third-order valence-electron chi connectivity index (χ3n) is 5.72. The zero-order chi connectivity index (χ0) is 21.7. The molecule has 1 heterocycles. The molecule has 1 aromatic heterocycles. The maximum absolute atomic E-state index is 12.5. The lowest BCUT2D eigenvalue weighted by Gasteiger charge is -2.30. The van der Waals surface area contributed by atoms with E-state index in [1.54, 1.807) is 7.11 Å². The van der Waals surface area contributed by atoms with E-state index in [1.165, 1.54) is 0 Å². The molecule has 0 unspecified atom stereocenters. The lowest BCUT2D eigenvalue weighted by Crippen LogP contribution is -2.42. The molecule has 2 aromatic rings. The van der Waals surface area contributed by atoms with Crippen LogP contribution in [-0.2, 0) is 16.1 Å². The molecule has 0 saturated heterocycles. The number of nitrogens with zero attached hydrogens (tertiary/aromatic N) is 1. The molecule has 7 heteroatoms. The first kappa shape index (κ1) is 22.6. The molecule has 0 amide bonds. The van der Waals surface area contributed by atoms with Gasteiger partial charge in [-0.05, 0) is 56.2 Å². The van der Waals surface area contributed by atoms with Gasteiger partial charge in [-0.25, -0.2) is 4.79 Å². The summed E-state index contributed by atoms with van der Waals surface area (Å²) < 4.78 is 16.7. The van der Waals surface area contributed by atoms with Crippen molar-refractivity contribution in [3.8, 4) is 5.75 Å². The third-order valence-corrected chi connectivity index (χ3v) is 7.52. The lowest BCUT2D eigenvalue weighted by atomic mass is 9.82. The Bertz CT molecular complexity index is 834. The van der Waals surface area contributed by atoms with Crippen molar-refractivity contribution in [2.75, 3.05) is 13.7 Å². The number of hydrogen-bond donors (Lipinski definition) is 1. The molecule has 1 aliphatic rings. The van der Waals surface area contributed by atoms with E-state index in [9.17, 15) is 4.79 Å². The highest BCUT2D eigenvalue weighted by atomic mass is 28.3. The zero-order valence-electron chi connectivity index (χ0n) is 18.8. The van der Waals surface area contributed by atoms with Crippen LogP contribution in [0.1, 0.15) is 60.1 Å². The number of benzene rings is 1. The Labute approximate surface area is 180 Å². The van der Waals surface area contributed by atoms with Crippen LogP contribution in [0.25, 0.3) is 0 Å². The van der Waals surface area contributed by atoms with Crippen molar-refractivity contribution in [1.29, 1.82) is 0 Å². The molecule has 1 N–H and O–H groups in total. The Morgan fingerprint density at radius 2 is 1.80 bits per heavy atom. The first-order chi connectivity index (χ1) is 14.3. The van der Waals surface area contributed by atoms with Crippen LogP contribution in [0.15, 0.2) is 24.3 Å². The van der Waals surface area contributed by atoms with E-state index < -0.39 is 8.07 Å². The Morgan fingerprint density at radius 3 is 2.37 bits per heavy atom. The Hall–Kier alpha value is -2.12. The average molecular weight is 431 g/mol. The summed E-state index contributed by atoms with van der Waals surface area (Å²) in [5.74, 6) is 0.892. The van der Waals surface area contributed by atoms with Crippen molar-refractivity contribution >= 4 is 19.4 Å². The number of rotatable bonds is 8. The van der Waals surface area contributed by atoms with Crippen molar-refractivity contribution in [3.05, 3.63) is 41.1 Å². The number of esters is 1. The molecule has 0 radical (unpaired) electrons. The number of H-pyrrole nitrogens is 1. The number of ether oxygens (including phenoxy) is 3. The largest absolute Gasteiger partial charge is 0.497 e. The molecule has 0 aliphatic heterocycles. The Kier molecular flexibility index (Phi) is 7.36. The number of nitrogens with one attached hydrogen (secondary N) is 1. The van der Waals surface area contributed by atoms with Gasteiger partial charge in [0.1, 0.15) is 19.5 Å². The van der Waals surface area contributed by atoms with Crippen molar-refractivity contribution in [1.82, 2.24) is 10.2 Å². The molecule has 0 spiro atoms. The predicted molar refractivity (Wildman–Crippen MR) is 120 cm³/mol.